The van der Waals surface area contributed by atoms with Crippen molar-refractivity contribution >= 4 is 5.78 Å². The third kappa shape index (κ3) is 5.01. The molecule has 0 aliphatic heterocycles. The molecule has 0 aromatic carbocycles. The van der Waals surface area contributed by atoms with Gasteiger partial charge in [-0.25, -0.2) is 0 Å². The third-order valence-electron chi connectivity index (χ3n) is 1.95. The van der Waals surface area contributed by atoms with E-state index in [2.05, 4.69) is 0 Å². The molecule has 0 fully saturated rings. The van der Waals surface area contributed by atoms with Crippen molar-refractivity contribution in [3.63, 3.8) is 0 Å². The first-order valence-electron chi connectivity index (χ1n) is 4.68. The molecular weight excluding hydrogens is 166 g/mol. The predicted molar refractivity (Wildman–Crippen MR) is 53.5 cm³/mol. The Morgan fingerprint density at radius 3 is 2.15 bits per heavy atom. The normalized spacial score (nSPS) is 16.8. The minimum absolute atomic E-state index is 0.0525. The van der Waals surface area contributed by atoms with Crippen LogP contribution in [0.5, 0.6) is 0 Å². The minimum Gasteiger partial charge on any atom is -0.372 e. The molecule has 2 N–H and O–H groups in total. The highest BCUT2D eigenvalue weighted by Gasteiger charge is 2.23. The fourth-order valence-corrected chi connectivity index (χ4v) is 1.11. The van der Waals surface area contributed by atoms with E-state index < -0.39 is 0 Å². The van der Waals surface area contributed by atoms with Crippen LogP contribution in [0.4, 0.5) is 0 Å². The highest BCUT2D eigenvalue weighted by atomic mass is 16.5. The SMILES string of the molecule is CC(OC(C)(C)C)[C@H](C)C(=O)CN. The van der Waals surface area contributed by atoms with Gasteiger partial charge in [-0.2, -0.15) is 0 Å². The summed E-state index contributed by atoms with van der Waals surface area (Å²) in [7, 11) is 0. The molecule has 78 valence electrons. The second-order valence-electron chi connectivity index (χ2n) is 4.39. The largest absolute Gasteiger partial charge is 0.372 e. The maximum Gasteiger partial charge on any atom is 0.151 e. The Hall–Kier alpha value is -0.410. The fourth-order valence-electron chi connectivity index (χ4n) is 1.11. The van der Waals surface area contributed by atoms with E-state index in [0.29, 0.717) is 0 Å². The Kier molecular flexibility index (Phi) is 4.57. The van der Waals surface area contributed by atoms with E-state index in [1.807, 2.05) is 34.6 Å². The van der Waals surface area contributed by atoms with Crippen LogP contribution in [0.15, 0.2) is 0 Å². The van der Waals surface area contributed by atoms with Crippen molar-refractivity contribution in [2.75, 3.05) is 6.54 Å². The van der Waals surface area contributed by atoms with Crippen LogP contribution >= 0.6 is 0 Å². The van der Waals surface area contributed by atoms with Crippen molar-refractivity contribution in [2.24, 2.45) is 11.7 Å². The highest BCUT2D eigenvalue weighted by molar-refractivity contribution is 5.82. The van der Waals surface area contributed by atoms with Gasteiger partial charge in [0.15, 0.2) is 5.78 Å². The van der Waals surface area contributed by atoms with Gasteiger partial charge in [0, 0.05) is 5.92 Å². The lowest BCUT2D eigenvalue weighted by Gasteiger charge is -2.28. The smallest absolute Gasteiger partial charge is 0.151 e. The molecule has 0 aromatic heterocycles. The van der Waals surface area contributed by atoms with E-state index in [4.69, 9.17) is 10.5 Å². The second-order valence-corrected chi connectivity index (χ2v) is 4.39. The van der Waals surface area contributed by atoms with E-state index >= 15 is 0 Å². The van der Waals surface area contributed by atoms with Gasteiger partial charge in [-0.15, -0.1) is 0 Å². The zero-order valence-corrected chi connectivity index (χ0v) is 9.26. The monoisotopic (exact) mass is 187 g/mol. The van der Waals surface area contributed by atoms with Crippen LogP contribution in [-0.4, -0.2) is 24.0 Å². The molecule has 0 saturated carbocycles. The van der Waals surface area contributed by atoms with E-state index in [9.17, 15) is 4.79 Å². The maximum absolute atomic E-state index is 11.2. The van der Waals surface area contributed by atoms with Gasteiger partial charge in [-0.1, -0.05) is 6.92 Å². The average molecular weight is 187 g/mol. The summed E-state index contributed by atoms with van der Waals surface area (Å²) >= 11 is 0. The van der Waals surface area contributed by atoms with Crippen molar-refractivity contribution in [3.8, 4) is 0 Å². The molecule has 13 heavy (non-hydrogen) atoms. The van der Waals surface area contributed by atoms with E-state index in [1.54, 1.807) is 0 Å². The minimum atomic E-state index is -0.206. The summed E-state index contributed by atoms with van der Waals surface area (Å²) in [5.74, 6) is -0.0685. The van der Waals surface area contributed by atoms with Crippen LogP contribution in [-0.2, 0) is 9.53 Å². The Balaban J connectivity index is 4.11. The molecule has 0 saturated heterocycles. The quantitative estimate of drug-likeness (QED) is 0.723. The molecule has 0 spiro atoms. The van der Waals surface area contributed by atoms with E-state index in [0.717, 1.165) is 0 Å². The molecule has 0 amide bonds. The Bertz CT molecular complexity index is 172. The molecule has 0 radical (unpaired) electrons. The summed E-state index contributed by atoms with van der Waals surface area (Å²) in [6.45, 7) is 9.78. The average Bonchev–Trinajstić information content (AvgIpc) is 1.98. The highest BCUT2D eigenvalue weighted by Crippen LogP contribution is 2.16. The van der Waals surface area contributed by atoms with Crippen molar-refractivity contribution < 1.29 is 9.53 Å². The number of rotatable bonds is 4. The third-order valence-corrected chi connectivity index (χ3v) is 1.95. The van der Waals surface area contributed by atoms with Gasteiger partial charge in [0.25, 0.3) is 0 Å². The lowest BCUT2D eigenvalue weighted by atomic mass is 10.00. The first-order valence-corrected chi connectivity index (χ1v) is 4.68. The Labute approximate surface area is 80.6 Å². The lowest BCUT2D eigenvalue weighted by molar-refractivity contribution is -0.130. The molecule has 0 aliphatic carbocycles. The van der Waals surface area contributed by atoms with Crippen LogP contribution in [0.25, 0.3) is 0 Å². The van der Waals surface area contributed by atoms with Gasteiger partial charge >= 0.3 is 0 Å². The summed E-state index contributed by atoms with van der Waals surface area (Å²) < 4.78 is 5.65. The molecule has 3 heteroatoms. The topological polar surface area (TPSA) is 52.3 Å². The van der Waals surface area contributed by atoms with Gasteiger partial charge in [0.2, 0.25) is 0 Å². The summed E-state index contributed by atoms with van der Waals surface area (Å²) in [6.07, 6.45) is -0.0731. The van der Waals surface area contributed by atoms with Crippen molar-refractivity contribution in [3.05, 3.63) is 0 Å². The number of hydrogen-bond acceptors (Lipinski definition) is 3. The summed E-state index contributed by atoms with van der Waals surface area (Å²) in [5, 5.41) is 0. The van der Waals surface area contributed by atoms with Gasteiger partial charge in [-0.3, -0.25) is 4.79 Å². The van der Waals surface area contributed by atoms with Crippen molar-refractivity contribution in [1.82, 2.24) is 0 Å². The van der Waals surface area contributed by atoms with Gasteiger partial charge in [-0.05, 0) is 27.7 Å². The maximum atomic E-state index is 11.2. The number of ketones is 1. The summed E-state index contributed by atoms with van der Waals surface area (Å²) in [5.41, 5.74) is 5.06. The van der Waals surface area contributed by atoms with Gasteiger partial charge < -0.3 is 10.5 Å². The molecule has 2 atom stereocenters. The molecule has 1 unspecified atom stereocenters. The summed E-state index contributed by atoms with van der Waals surface area (Å²) in [6, 6.07) is 0. The first-order chi connectivity index (χ1) is 5.78. The molecule has 3 nitrogen and oxygen atoms in total. The van der Waals surface area contributed by atoms with Crippen LogP contribution < -0.4 is 5.73 Å². The molecule has 0 aromatic rings. The number of nitrogens with two attached hydrogens (primary N) is 1. The Morgan fingerprint density at radius 1 is 1.38 bits per heavy atom. The number of ether oxygens (including phenoxy) is 1. The van der Waals surface area contributed by atoms with E-state index in [1.165, 1.54) is 0 Å². The number of Topliss-reactive ketones (excluding diaryl/α,β-unsaturated/α-hetero) is 1. The fraction of sp³-hybridized carbons (Fsp3) is 0.900. The number of hydrogen-bond donors (Lipinski definition) is 1. The van der Waals surface area contributed by atoms with Gasteiger partial charge in [0.1, 0.15) is 0 Å². The van der Waals surface area contributed by atoms with Crippen LogP contribution in [0.2, 0.25) is 0 Å². The van der Waals surface area contributed by atoms with Crippen LogP contribution in [0.1, 0.15) is 34.6 Å². The van der Waals surface area contributed by atoms with Crippen LogP contribution in [0, 0.1) is 5.92 Å². The predicted octanol–water partition coefficient (Wildman–Crippen LogP) is 1.35. The van der Waals surface area contributed by atoms with E-state index in [-0.39, 0.29) is 30.0 Å². The number of carbonyl (C=O) groups is 1. The zero-order chi connectivity index (χ0) is 10.6. The molecular formula is C10H21NO2. The standard InChI is InChI=1S/C10H21NO2/c1-7(9(12)6-11)8(2)13-10(3,4)5/h7-8H,6,11H2,1-5H3/t7-,8?/m0/s1. The lowest BCUT2D eigenvalue weighted by Crippen LogP contribution is -2.35. The van der Waals surface area contributed by atoms with Crippen molar-refractivity contribution in [1.29, 1.82) is 0 Å². The zero-order valence-electron chi connectivity index (χ0n) is 9.26. The molecule has 0 bridgehead atoms. The van der Waals surface area contributed by atoms with Gasteiger partial charge in [0.05, 0.1) is 18.2 Å². The molecule has 0 rings (SSSR count). The molecule has 0 heterocycles. The molecule has 0 aliphatic rings. The summed E-state index contributed by atoms with van der Waals surface area (Å²) in [4.78, 5) is 11.2. The first kappa shape index (κ1) is 12.6. The Morgan fingerprint density at radius 2 is 1.85 bits per heavy atom. The second kappa shape index (κ2) is 4.72. The van der Waals surface area contributed by atoms with Crippen LogP contribution in [0.3, 0.4) is 0 Å². The van der Waals surface area contributed by atoms with Crippen molar-refractivity contribution in [2.45, 2.75) is 46.3 Å². The number of carbonyl (C=O) groups excluding carboxylic acids is 1.